The fourth-order valence-corrected chi connectivity index (χ4v) is 4.96. The standard InChI is InChI=1S/C22H23F3N8O2S/c1-35-18(13-4-5-15(23)16(9-13)33-11-22(24,25)12-33)19(34)28-21-31-30-20(36-21)27-14-6-8-32(10-14)17-3-2-7-26-29-17/h2-5,7,9,14,18H,6,8,10-12H2,1H3,(H,27,30)(H,28,31,34)/t14-,18+/m1/s1. The van der Waals surface area contributed by atoms with Crippen LogP contribution in [0.1, 0.15) is 18.1 Å². The lowest BCUT2D eigenvalue weighted by Gasteiger charge is -2.40. The molecule has 0 saturated carbocycles. The van der Waals surface area contributed by atoms with Gasteiger partial charge in [0.1, 0.15) is 5.82 Å². The normalized spacial score (nSPS) is 19.6. The van der Waals surface area contributed by atoms with Crippen LogP contribution in [0.4, 0.5) is 34.9 Å². The van der Waals surface area contributed by atoms with E-state index >= 15 is 0 Å². The van der Waals surface area contributed by atoms with Crippen molar-refractivity contribution in [1.29, 1.82) is 0 Å². The fourth-order valence-electron chi connectivity index (χ4n) is 4.24. The van der Waals surface area contributed by atoms with E-state index in [-0.39, 0.29) is 16.9 Å². The summed E-state index contributed by atoms with van der Waals surface area (Å²) in [7, 11) is 1.33. The summed E-state index contributed by atoms with van der Waals surface area (Å²) >= 11 is 1.17. The lowest BCUT2D eigenvalue weighted by atomic mass is 10.0. The largest absolute Gasteiger partial charge is 0.367 e. The van der Waals surface area contributed by atoms with Gasteiger partial charge in [0.2, 0.25) is 10.3 Å². The number of anilines is 4. The third-order valence-electron chi connectivity index (χ3n) is 5.99. The number of benzene rings is 1. The topological polar surface area (TPSA) is 108 Å². The first-order valence-electron chi connectivity index (χ1n) is 11.2. The van der Waals surface area contributed by atoms with Gasteiger partial charge < -0.3 is 19.9 Å². The number of hydrogen-bond donors (Lipinski definition) is 2. The van der Waals surface area contributed by atoms with Crippen LogP contribution in [0.2, 0.25) is 0 Å². The molecule has 5 rings (SSSR count). The van der Waals surface area contributed by atoms with Crippen LogP contribution in [0.25, 0.3) is 0 Å². The first-order chi connectivity index (χ1) is 17.3. The molecule has 190 valence electrons. The highest BCUT2D eigenvalue weighted by Crippen LogP contribution is 2.35. The molecule has 2 fully saturated rings. The van der Waals surface area contributed by atoms with Gasteiger partial charge in [-0.25, -0.2) is 13.2 Å². The van der Waals surface area contributed by atoms with E-state index in [9.17, 15) is 18.0 Å². The summed E-state index contributed by atoms with van der Waals surface area (Å²) in [5, 5.41) is 22.9. The molecule has 3 aromatic rings. The highest BCUT2D eigenvalue weighted by Gasteiger charge is 2.45. The molecule has 0 unspecified atom stereocenters. The Hall–Kier alpha value is -3.52. The smallest absolute Gasteiger partial charge is 0.282 e. The van der Waals surface area contributed by atoms with Crippen molar-refractivity contribution < 1.29 is 22.7 Å². The second-order valence-corrected chi connectivity index (χ2v) is 9.58. The molecule has 2 N–H and O–H groups in total. The van der Waals surface area contributed by atoms with E-state index in [0.29, 0.717) is 10.7 Å². The van der Waals surface area contributed by atoms with E-state index in [2.05, 4.69) is 35.9 Å². The summed E-state index contributed by atoms with van der Waals surface area (Å²) in [6, 6.07) is 7.76. The number of methoxy groups -OCH3 is 1. The number of halogens is 3. The minimum atomic E-state index is -2.85. The van der Waals surface area contributed by atoms with Gasteiger partial charge in [0.15, 0.2) is 11.9 Å². The predicted octanol–water partition coefficient (Wildman–Crippen LogP) is 2.94. The Labute approximate surface area is 208 Å². The van der Waals surface area contributed by atoms with Crippen molar-refractivity contribution in [2.45, 2.75) is 24.5 Å². The van der Waals surface area contributed by atoms with Crippen molar-refractivity contribution in [3.63, 3.8) is 0 Å². The second kappa shape index (κ2) is 9.85. The molecule has 0 bridgehead atoms. The average molecular weight is 521 g/mol. The van der Waals surface area contributed by atoms with Crippen molar-refractivity contribution in [1.82, 2.24) is 20.4 Å². The Kier molecular flexibility index (Phi) is 6.62. The molecule has 1 aromatic carbocycles. The van der Waals surface area contributed by atoms with Crippen molar-refractivity contribution in [3.8, 4) is 0 Å². The molecular weight excluding hydrogens is 497 g/mol. The van der Waals surface area contributed by atoms with E-state index in [1.165, 1.54) is 35.5 Å². The molecule has 0 radical (unpaired) electrons. The Morgan fingerprint density at radius 1 is 1.19 bits per heavy atom. The van der Waals surface area contributed by atoms with Gasteiger partial charge in [0, 0.05) is 32.4 Å². The van der Waals surface area contributed by atoms with Crippen molar-refractivity contribution in [2.24, 2.45) is 0 Å². The average Bonchev–Trinajstić information content (AvgIpc) is 3.49. The maximum Gasteiger partial charge on any atom is 0.282 e. The van der Waals surface area contributed by atoms with Gasteiger partial charge in [0.25, 0.3) is 11.8 Å². The Balaban J connectivity index is 1.20. The number of carbonyl (C=O) groups excluding carboxylic acids is 1. The van der Waals surface area contributed by atoms with Gasteiger partial charge in [-0.05, 0) is 36.2 Å². The molecule has 2 atom stereocenters. The van der Waals surface area contributed by atoms with E-state index in [0.717, 1.165) is 31.4 Å². The number of hydrogen-bond acceptors (Lipinski definition) is 10. The van der Waals surface area contributed by atoms with Crippen LogP contribution in [0.5, 0.6) is 0 Å². The molecule has 10 nitrogen and oxygen atoms in total. The Bertz CT molecular complexity index is 1220. The quantitative estimate of drug-likeness (QED) is 0.463. The number of nitrogens with zero attached hydrogens (tertiary/aromatic N) is 6. The van der Waals surface area contributed by atoms with Crippen LogP contribution in [0, 0.1) is 5.82 Å². The monoisotopic (exact) mass is 520 g/mol. The highest BCUT2D eigenvalue weighted by molar-refractivity contribution is 7.19. The van der Waals surface area contributed by atoms with Crippen LogP contribution in [0.15, 0.2) is 36.5 Å². The van der Waals surface area contributed by atoms with E-state index in [1.54, 1.807) is 6.20 Å². The minimum absolute atomic E-state index is 0.00256. The second-order valence-electron chi connectivity index (χ2n) is 8.60. The predicted molar refractivity (Wildman–Crippen MR) is 128 cm³/mol. The summed E-state index contributed by atoms with van der Waals surface area (Å²) in [6.07, 6.45) is 1.41. The molecule has 1 amide bonds. The maximum absolute atomic E-state index is 14.2. The zero-order valence-corrected chi connectivity index (χ0v) is 20.0. The van der Waals surface area contributed by atoms with E-state index in [1.807, 2.05) is 12.1 Å². The molecule has 2 aromatic heterocycles. The zero-order valence-electron chi connectivity index (χ0n) is 19.2. The highest BCUT2D eigenvalue weighted by atomic mass is 32.1. The lowest BCUT2D eigenvalue weighted by Crippen LogP contribution is -2.56. The maximum atomic E-state index is 14.2. The van der Waals surface area contributed by atoms with Gasteiger partial charge in [-0.1, -0.05) is 17.4 Å². The van der Waals surface area contributed by atoms with Crippen molar-refractivity contribution >= 4 is 39.0 Å². The first kappa shape index (κ1) is 24.2. The summed E-state index contributed by atoms with van der Waals surface area (Å²) in [4.78, 5) is 16.2. The molecule has 36 heavy (non-hydrogen) atoms. The van der Waals surface area contributed by atoms with Crippen LogP contribution in [0.3, 0.4) is 0 Å². The van der Waals surface area contributed by atoms with Crippen molar-refractivity contribution in [3.05, 3.63) is 47.9 Å². The first-order valence-corrected chi connectivity index (χ1v) is 12.0. The third-order valence-corrected chi connectivity index (χ3v) is 6.75. The number of rotatable bonds is 8. The SMILES string of the molecule is CO[C@H](C(=O)Nc1nnc(N[C@@H]2CCN(c3cccnn3)C2)s1)c1ccc(F)c(N2CC(F)(F)C2)c1. The van der Waals surface area contributed by atoms with E-state index in [4.69, 9.17) is 4.74 Å². The number of aromatic nitrogens is 4. The number of amides is 1. The molecule has 2 saturated heterocycles. The van der Waals surface area contributed by atoms with E-state index < -0.39 is 36.8 Å². The summed E-state index contributed by atoms with van der Waals surface area (Å²) < 4.78 is 46.1. The summed E-state index contributed by atoms with van der Waals surface area (Å²) in [5.41, 5.74) is 0.335. The molecule has 0 aliphatic carbocycles. The number of ether oxygens (including phenoxy) is 1. The number of alkyl halides is 2. The lowest BCUT2D eigenvalue weighted by molar-refractivity contribution is -0.126. The molecule has 2 aliphatic rings. The minimum Gasteiger partial charge on any atom is -0.367 e. The number of carbonyl (C=O) groups is 1. The molecule has 2 aliphatic heterocycles. The van der Waals surface area contributed by atoms with Gasteiger partial charge in [-0.2, -0.15) is 5.10 Å². The van der Waals surface area contributed by atoms with Gasteiger partial charge in [0.05, 0.1) is 18.8 Å². The molecule has 0 spiro atoms. The zero-order chi connectivity index (χ0) is 25.3. The van der Waals surface area contributed by atoms with Gasteiger partial charge in [-0.3, -0.25) is 10.1 Å². The molecular formula is C22H23F3N8O2S. The number of nitrogens with one attached hydrogen (secondary N) is 2. The fraction of sp³-hybridized carbons (Fsp3) is 0.409. The Morgan fingerprint density at radius 2 is 2.00 bits per heavy atom. The van der Waals surface area contributed by atoms with Crippen molar-refractivity contribution in [2.75, 3.05) is 53.7 Å². The third kappa shape index (κ3) is 5.18. The molecule has 14 heteroatoms. The Morgan fingerprint density at radius 3 is 2.72 bits per heavy atom. The summed E-state index contributed by atoms with van der Waals surface area (Å²) in [6.45, 7) is 0.398. The van der Waals surface area contributed by atoms with Crippen LogP contribution in [-0.4, -0.2) is 71.6 Å². The van der Waals surface area contributed by atoms with Gasteiger partial charge in [-0.15, -0.1) is 15.3 Å². The van der Waals surface area contributed by atoms with Crippen LogP contribution >= 0.6 is 11.3 Å². The van der Waals surface area contributed by atoms with Crippen LogP contribution < -0.4 is 20.4 Å². The molecule has 4 heterocycles. The summed E-state index contributed by atoms with van der Waals surface area (Å²) in [5.74, 6) is -3.23. The van der Waals surface area contributed by atoms with Crippen LogP contribution in [-0.2, 0) is 9.53 Å². The van der Waals surface area contributed by atoms with Gasteiger partial charge >= 0.3 is 0 Å².